The number of aromatic nitrogens is 2. The van der Waals surface area contributed by atoms with Gasteiger partial charge in [0.2, 0.25) is 11.8 Å². The van der Waals surface area contributed by atoms with Gasteiger partial charge in [-0.2, -0.15) is 0 Å². The molecule has 1 saturated heterocycles. The van der Waals surface area contributed by atoms with Gasteiger partial charge in [-0.1, -0.05) is 41.7 Å². The number of benzene rings is 1. The molecule has 0 bridgehead atoms. The number of thiazole rings is 1. The number of aryl methyl sites for hydroxylation is 1. The Morgan fingerprint density at radius 1 is 1.03 bits per heavy atom. The van der Waals surface area contributed by atoms with Gasteiger partial charge >= 0.3 is 0 Å². The number of carbonyl (C=O) groups excluding carboxylic acids is 3. The van der Waals surface area contributed by atoms with E-state index in [1.54, 1.807) is 6.92 Å². The van der Waals surface area contributed by atoms with Crippen LogP contribution >= 0.6 is 11.3 Å². The predicted octanol–water partition coefficient (Wildman–Crippen LogP) is 2.30. The lowest BCUT2D eigenvalue weighted by Gasteiger charge is -2.32. The predicted molar refractivity (Wildman–Crippen MR) is 109 cm³/mol. The van der Waals surface area contributed by atoms with Gasteiger partial charge in [-0.05, 0) is 31.0 Å². The second kappa shape index (κ2) is 8.00. The lowest BCUT2D eigenvalue weighted by Crippen LogP contribution is -2.55. The highest BCUT2D eigenvalue weighted by atomic mass is 32.1. The van der Waals surface area contributed by atoms with Gasteiger partial charge in [0.15, 0.2) is 5.13 Å². The van der Waals surface area contributed by atoms with E-state index in [0.717, 1.165) is 5.56 Å². The fourth-order valence-corrected chi connectivity index (χ4v) is 4.27. The number of rotatable bonds is 5. The third-order valence-electron chi connectivity index (χ3n) is 4.81. The number of carbonyl (C=O) groups is 3. The molecule has 0 aliphatic carbocycles. The summed E-state index contributed by atoms with van der Waals surface area (Å²) in [5, 5.41) is 0.676. The Morgan fingerprint density at radius 3 is 2.34 bits per heavy atom. The van der Waals surface area contributed by atoms with Crippen LogP contribution in [0, 0.1) is 6.92 Å². The van der Waals surface area contributed by atoms with Gasteiger partial charge in [0, 0.05) is 18.9 Å². The van der Waals surface area contributed by atoms with Crippen LogP contribution in [0.4, 0.5) is 0 Å². The van der Waals surface area contributed by atoms with E-state index >= 15 is 0 Å². The standard InChI is InChI=1S/C21H20N4O3S/c1-15-19(29-21(22-15)23-10-5-6-11-23)20(28)24-13-17(26)25(18(27)14-24)12-9-16-7-3-2-4-8-16/h2-8,10-11H,9,12-14H2,1H3. The molecule has 1 aliphatic heterocycles. The first-order valence-corrected chi connectivity index (χ1v) is 10.1. The molecule has 4 rings (SSSR count). The zero-order valence-electron chi connectivity index (χ0n) is 15.9. The van der Waals surface area contributed by atoms with Crippen molar-refractivity contribution in [2.24, 2.45) is 0 Å². The second-order valence-corrected chi connectivity index (χ2v) is 7.81. The molecule has 0 N–H and O–H groups in total. The van der Waals surface area contributed by atoms with Gasteiger partial charge in [0.25, 0.3) is 5.91 Å². The Labute approximate surface area is 172 Å². The zero-order chi connectivity index (χ0) is 20.4. The van der Waals surface area contributed by atoms with Crippen LogP contribution in [0.3, 0.4) is 0 Å². The van der Waals surface area contributed by atoms with Crippen LogP contribution in [0.25, 0.3) is 5.13 Å². The van der Waals surface area contributed by atoms with Gasteiger partial charge in [-0.15, -0.1) is 0 Å². The Balaban J connectivity index is 1.44. The minimum Gasteiger partial charge on any atom is -0.319 e. The van der Waals surface area contributed by atoms with Gasteiger partial charge in [-0.25, -0.2) is 4.98 Å². The maximum atomic E-state index is 12.9. The zero-order valence-corrected chi connectivity index (χ0v) is 16.8. The number of hydrogen-bond acceptors (Lipinski definition) is 5. The molecule has 0 radical (unpaired) electrons. The molecule has 8 heteroatoms. The number of piperazine rings is 1. The van der Waals surface area contributed by atoms with Crippen molar-refractivity contribution >= 4 is 29.1 Å². The van der Waals surface area contributed by atoms with Crippen LogP contribution in [0.1, 0.15) is 20.9 Å². The number of amides is 3. The molecule has 0 spiro atoms. The highest BCUT2D eigenvalue weighted by Crippen LogP contribution is 2.24. The molecule has 1 fully saturated rings. The Kier molecular flexibility index (Phi) is 5.26. The maximum absolute atomic E-state index is 12.9. The first-order valence-electron chi connectivity index (χ1n) is 9.30. The molecule has 148 valence electrons. The monoisotopic (exact) mass is 408 g/mol. The second-order valence-electron chi connectivity index (χ2n) is 6.84. The molecule has 3 amide bonds. The summed E-state index contributed by atoms with van der Waals surface area (Å²) in [7, 11) is 0. The summed E-state index contributed by atoms with van der Waals surface area (Å²) in [6.45, 7) is 1.88. The Hall–Kier alpha value is -3.26. The maximum Gasteiger partial charge on any atom is 0.266 e. The number of imide groups is 1. The summed E-state index contributed by atoms with van der Waals surface area (Å²) in [6, 6.07) is 13.5. The molecule has 3 aromatic rings. The van der Waals surface area contributed by atoms with E-state index in [9.17, 15) is 14.4 Å². The quantitative estimate of drug-likeness (QED) is 0.607. The first kappa shape index (κ1) is 19.1. The fraction of sp³-hybridized carbons (Fsp3) is 0.238. The van der Waals surface area contributed by atoms with Crippen LogP contribution in [-0.2, 0) is 16.0 Å². The smallest absolute Gasteiger partial charge is 0.266 e. The molecule has 1 aliphatic rings. The summed E-state index contributed by atoms with van der Waals surface area (Å²) in [4.78, 5) is 45.5. The largest absolute Gasteiger partial charge is 0.319 e. The van der Waals surface area contributed by atoms with Gasteiger partial charge in [-0.3, -0.25) is 19.3 Å². The average molecular weight is 408 g/mol. The van der Waals surface area contributed by atoms with E-state index in [1.807, 2.05) is 59.4 Å². The first-order chi connectivity index (χ1) is 14.0. The summed E-state index contributed by atoms with van der Waals surface area (Å²) < 4.78 is 1.83. The van der Waals surface area contributed by atoms with Gasteiger partial charge < -0.3 is 9.47 Å². The Bertz CT molecular complexity index is 1030. The minimum atomic E-state index is -0.349. The highest BCUT2D eigenvalue weighted by molar-refractivity contribution is 7.16. The van der Waals surface area contributed by atoms with Crippen molar-refractivity contribution in [2.45, 2.75) is 13.3 Å². The molecular weight excluding hydrogens is 388 g/mol. The Morgan fingerprint density at radius 2 is 1.69 bits per heavy atom. The van der Waals surface area contributed by atoms with Crippen LogP contribution in [0.15, 0.2) is 54.9 Å². The van der Waals surface area contributed by atoms with E-state index in [0.29, 0.717) is 28.7 Å². The molecule has 0 atom stereocenters. The molecule has 0 unspecified atom stereocenters. The third-order valence-corrected chi connectivity index (χ3v) is 5.97. The van der Waals surface area contributed by atoms with Crippen molar-refractivity contribution in [3.05, 3.63) is 71.0 Å². The molecule has 0 saturated carbocycles. The number of nitrogens with zero attached hydrogens (tertiary/aromatic N) is 4. The van der Waals surface area contributed by atoms with Gasteiger partial charge in [0.1, 0.15) is 18.0 Å². The molecule has 29 heavy (non-hydrogen) atoms. The van der Waals surface area contributed by atoms with Crippen LogP contribution < -0.4 is 0 Å². The third kappa shape index (κ3) is 3.97. The fourth-order valence-electron chi connectivity index (χ4n) is 3.27. The minimum absolute atomic E-state index is 0.102. The van der Waals surface area contributed by atoms with E-state index in [2.05, 4.69) is 4.98 Å². The topological polar surface area (TPSA) is 75.5 Å². The van der Waals surface area contributed by atoms with Crippen LogP contribution in [-0.4, -0.2) is 56.7 Å². The van der Waals surface area contributed by atoms with E-state index in [4.69, 9.17) is 0 Å². The number of hydrogen-bond donors (Lipinski definition) is 0. The molecule has 3 heterocycles. The molecule has 2 aromatic heterocycles. The lowest BCUT2D eigenvalue weighted by atomic mass is 10.1. The van der Waals surface area contributed by atoms with Crippen LogP contribution in [0.2, 0.25) is 0 Å². The average Bonchev–Trinajstić information content (AvgIpc) is 3.37. The summed E-state index contributed by atoms with van der Waals surface area (Å²) in [5.41, 5.74) is 1.65. The van der Waals surface area contributed by atoms with Crippen LogP contribution in [0.5, 0.6) is 0 Å². The van der Waals surface area contributed by atoms with Crippen molar-refractivity contribution in [1.29, 1.82) is 0 Å². The lowest BCUT2D eigenvalue weighted by molar-refractivity contribution is -0.150. The van der Waals surface area contributed by atoms with Crippen molar-refractivity contribution in [3.8, 4) is 5.13 Å². The highest BCUT2D eigenvalue weighted by Gasteiger charge is 2.34. The van der Waals surface area contributed by atoms with Gasteiger partial charge in [0.05, 0.1) is 5.69 Å². The van der Waals surface area contributed by atoms with Crippen molar-refractivity contribution in [1.82, 2.24) is 19.4 Å². The van der Waals surface area contributed by atoms with E-state index in [-0.39, 0.29) is 30.8 Å². The summed E-state index contributed by atoms with van der Waals surface area (Å²) >= 11 is 1.25. The molecule has 7 nitrogen and oxygen atoms in total. The van der Waals surface area contributed by atoms with E-state index in [1.165, 1.54) is 21.1 Å². The normalized spacial score (nSPS) is 14.5. The van der Waals surface area contributed by atoms with Crippen molar-refractivity contribution in [2.75, 3.05) is 19.6 Å². The molecular formula is C21H20N4O3S. The molecule has 1 aromatic carbocycles. The van der Waals surface area contributed by atoms with E-state index < -0.39 is 0 Å². The van der Waals surface area contributed by atoms with Crippen molar-refractivity contribution in [3.63, 3.8) is 0 Å². The summed E-state index contributed by atoms with van der Waals surface area (Å²) in [6.07, 6.45) is 4.30. The van der Waals surface area contributed by atoms with Crippen molar-refractivity contribution < 1.29 is 14.4 Å². The SMILES string of the molecule is Cc1nc(-n2cccc2)sc1C(=O)N1CC(=O)N(CCc2ccccc2)C(=O)C1. The summed E-state index contributed by atoms with van der Waals surface area (Å²) in [5.74, 6) is -1.03.